The van der Waals surface area contributed by atoms with Crippen LogP contribution in [0.4, 0.5) is 22.0 Å². The number of carbonyl (C=O) groups excluding carboxylic acids is 6. The van der Waals surface area contributed by atoms with Gasteiger partial charge in [-0.1, -0.05) is 0 Å². The molecule has 0 bridgehead atoms. The molecule has 0 saturated heterocycles. The lowest BCUT2D eigenvalue weighted by molar-refractivity contribution is -0.270. The van der Waals surface area contributed by atoms with Crippen molar-refractivity contribution < 1.29 is 79.1 Å². The summed E-state index contributed by atoms with van der Waals surface area (Å²) in [6.07, 6.45) is -13.9. The number of hydrogen-bond donors (Lipinski definition) is 1. The summed E-state index contributed by atoms with van der Waals surface area (Å²) < 4.78 is 95.7. The summed E-state index contributed by atoms with van der Waals surface area (Å²) in [6.45, 7) is 2.50. The van der Waals surface area contributed by atoms with Gasteiger partial charge in [-0.05, 0) is 0 Å². The van der Waals surface area contributed by atoms with E-state index >= 15 is 0 Å². The van der Waals surface area contributed by atoms with Crippen LogP contribution in [0.1, 0.15) is 27.7 Å². The highest BCUT2D eigenvalue weighted by molar-refractivity contribution is 5.87. The third-order valence-electron chi connectivity index (χ3n) is 4.67. The van der Waals surface area contributed by atoms with Gasteiger partial charge in [-0.25, -0.2) is 4.79 Å². The lowest BCUT2D eigenvalue weighted by atomic mass is 9.92. The predicted molar refractivity (Wildman–Crippen MR) is 111 cm³/mol. The van der Waals surface area contributed by atoms with E-state index in [4.69, 9.17) is 23.7 Å². The molecular formula is C21H24F5NO12. The van der Waals surface area contributed by atoms with Crippen LogP contribution in [-0.2, 0) is 57.2 Å². The van der Waals surface area contributed by atoms with Crippen molar-refractivity contribution in [1.82, 2.24) is 5.32 Å². The van der Waals surface area contributed by atoms with Gasteiger partial charge in [0.25, 0.3) is 0 Å². The largest absolute Gasteiger partial charge is 0.477 e. The van der Waals surface area contributed by atoms with Crippen molar-refractivity contribution in [2.45, 2.75) is 70.3 Å². The number of esters is 5. The van der Waals surface area contributed by atoms with Crippen molar-refractivity contribution >= 4 is 35.8 Å². The van der Waals surface area contributed by atoms with Crippen molar-refractivity contribution in [3.8, 4) is 0 Å². The van der Waals surface area contributed by atoms with E-state index in [1.54, 1.807) is 0 Å². The van der Waals surface area contributed by atoms with Gasteiger partial charge < -0.3 is 33.7 Å². The minimum absolute atomic E-state index is 0.623. The van der Waals surface area contributed by atoms with E-state index in [0.717, 1.165) is 34.8 Å². The summed E-state index contributed by atoms with van der Waals surface area (Å²) in [7, 11) is 0.867. The quantitative estimate of drug-likeness (QED) is 0.217. The Morgan fingerprint density at radius 2 is 1.49 bits per heavy atom. The number of amides is 1. The third kappa shape index (κ3) is 9.06. The number of carbonyl (C=O) groups is 6. The molecular weight excluding hydrogens is 553 g/mol. The van der Waals surface area contributed by atoms with Crippen LogP contribution >= 0.6 is 0 Å². The molecule has 0 spiro atoms. The van der Waals surface area contributed by atoms with Gasteiger partial charge in [-0.3, -0.25) is 24.0 Å². The van der Waals surface area contributed by atoms with Gasteiger partial charge in [-0.2, -0.15) is 22.0 Å². The number of methoxy groups -OCH3 is 1. The summed E-state index contributed by atoms with van der Waals surface area (Å²) in [4.78, 5) is 70.9. The topological polar surface area (TPSA) is 170 Å². The molecule has 5 atom stereocenters. The Hall–Kier alpha value is -3.99. The molecule has 0 fully saturated rings. The van der Waals surface area contributed by atoms with Gasteiger partial charge in [0.1, 0.15) is 18.8 Å². The van der Waals surface area contributed by atoms with Gasteiger partial charge >= 0.3 is 47.9 Å². The van der Waals surface area contributed by atoms with E-state index < -0.39 is 90.7 Å². The second-order valence-corrected chi connectivity index (χ2v) is 7.77. The van der Waals surface area contributed by atoms with Gasteiger partial charge in [0.15, 0.2) is 18.3 Å². The van der Waals surface area contributed by atoms with Crippen molar-refractivity contribution in [1.29, 1.82) is 0 Å². The fourth-order valence-corrected chi connectivity index (χ4v) is 3.18. The first-order valence-electron chi connectivity index (χ1n) is 10.7. The molecule has 13 nitrogen and oxygen atoms in total. The Morgan fingerprint density at radius 3 is 1.92 bits per heavy atom. The zero-order valence-corrected chi connectivity index (χ0v) is 21.0. The van der Waals surface area contributed by atoms with E-state index in [1.807, 2.05) is 0 Å². The first kappa shape index (κ1) is 33.0. The lowest BCUT2D eigenvalue weighted by Crippen LogP contribution is -2.65. The molecule has 1 rings (SSSR count). The number of ether oxygens (including phenoxy) is 6. The minimum atomic E-state index is -6.36. The minimum Gasteiger partial charge on any atom is -0.477 e. The number of rotatable bonds is 10. The Labute approximate surface area is 216 Å². The molecule has 220 valence electrons. The van der Waals surface area contributed by atoms with Crippen molar-refractivity contribution in [2.75, 3.05) is 13.7 Å². The smallest absolute Gasteiger partial charge is 0.463 e. The number of hydrogen-bond acceptors (Lipinski definition) is 12. The monoisotopic (exact) mass is 577 g/mol. The third-order valence-corrected chi connectivity index (χ3v) is 4.67. The fourth-order valence-electron chi connectivity index (χ4n) is 3.18. The van der Waals surface area contributed by atoms with Gasteiger partial charge in [0.05, 0.1) is 7.11 Å². The highest BCUT2D eigenvalue weighted by Gasteiger charge is 2.64. The number of alkyl halides is 5. The van der Waals surface area contributed by atoms with Crippen molar-refractivity contribution in [2.24, 2.45) is 0 Å². The lowest BCUT2D eigenvalue weighted by Gasteiger charge is -2.41. The normalized spacial score (nSPS) is 20.7. The number of halogens is 5. The summed E-state index contributed by atoms with van der Waals surface area (Å²) in [6, 6.07) is -2.25. The summed E-state index contributed by atoms with van der Waals surface area (Å²) in [5.74, 6) is -15.4. The van der Waals surface area contributed by atoms with E-state index in [2.05, 4.69) is 4.74 Å². The van der Waals surface area contributed by atoms with Gasteiger partial charge in [-0.15, -0.1) is 0 Å². The molecule has 1 aliphatic rings. The van der Waals surface area contributed by atoms with Crippen molar-refractivity contribution in [3.63, 3.8) is 0 Å². The standard InChI is InChI=1S/C21H24F5NO12/c1-8(28)35-7-14(37-10(3)30)16(38-11(4)31)17-15(27-19(33)20(22,23)21(24,25)26)12(36-9(2)29)6-13(39-17)18(32)34-5/h6,12,14-17H,7H2,1-5H3,(H,27,33)/t12-,14+,15+,16+,17+/m0/s1. The van der Waals surface area contributed by atoms with Gasteiger partial charge in [0, 0.05) is 33.8 Å². The van der Waals surface area contributed by atoms with Crippen LogP contribution in [0, 0.1) is 0 Å². The molecule has 1 N–H and O–H groups in total. The van der Waals surface area contributed by atoms with Crippen LogP contribution in [-0.4, -0.2) is 92.0 Å². The molecule has 0 aliphatic carbocycles. The molecule has 0 aromatic carbocycles. The highest BCUT2D eigenvalue weighted by Crippen LogP contribution is 2.36. The predicted octanol–water partition coefficient (Wildman–Crippen LogP) is 0.483. The average molecular weight is 577 g/mol. The van der Waals surface area contributed by atoms with Crippen molar-refractivity contribution in [3.05, 3.63) is 11.8 Å². The van der Waals surface area contributed by atoms with E-state index in [1.165, 1.54) is 5.32 Å². The average Bonchev–Trinajstić information content (AvgIpc) is 2.79. The summed E-state index contributed by atoms with van der Waals surface area (Å²) in [5, 5.41) is 1.33. The van der Waals surface area contributed by atoms with E-state index in [9.17, 15) is 50.7 Å². The Morgan fingerprint density at radius 1 is 0.923 bits per heavy atom. The zero-order valence-electron chi connectivity index (χ0n) is 21.0. The molecule has 0 saturated carbocycles. The zero-order chi connectivity index (χ0) is 30.3. The van der Waals surface area contributed by atoms with E-state index in [-0.39, 0.29) is 0 Å². The van der Waals surface area contributed by atoms with Crippen LogP contribution < -0.4 is 5.32 Å². The molecule has 18 heteroatoms. The second kappa shape index (κ2) is 13.2. The van der Waals surface area contributed by atoms with Gasteiger partial charge in [0.2, 0.25) is 5.76 Å². The fraction of sp³-hybridized carbons (Fsp3) is 0.619. The molecule has 1 amide bonds. The maximum Gasteiger partial charge on any atom is 0.463 e. The Balaban J connectivity index is 3.80. The molecule has 39 heavy (non-hydrogen) atoms. The Kier molecular flexibility index (Phi) is 11.2. The maximum atomic E-state index is 13.8. The van der Waals surface area contributed by atoms with Crippen LogP contribution in [0.2, 0.25) is 0 Å². The Bertz CT molecular complexity index is 1010. The maximum absolute atomic E-state index is 13.8. The molecule has 0 aromatic heterocycles. The first-order chi connectivity index (χ1) is 17.8. The van der Waals surface area contributed by atoms with Crippen LogP contribution in [0.5, 0.6) is 0 Å². The first-order valence-corrected chi connectivity index (χ1v) is 10.7. The molecule has 0 radical (unpaired) electrons. The molecule has 0 unspecified atom stereocenters. The number of nitrogens with one attached hydrogen (secondary N) is 1. The highest BCUT2D eigenvalue weighted by atomic mass is 19.4. The SMILES string of the molecule is COC(=O)C1=C[C@H](OC(C)=O)[C@@H](NC(=O)C(F)(F)C(F)(F)F)[C@H]([C@H](OC(C)=O)[C@@H](COC(C)=O)OC(C)=O)O1. The van der Waals surface area contributed by atoms with Crippen LogP contribution in [0.25, 0.3) is 0 Å². The van der Waals surface area contributed by atoms with Crippen LogP contribution in [0.3, 0.4) is 0 Å². The summed E-state index contributed by atoms with van der Waals surface area (Å²) >= 11 is 0. The van der Waals surface area contributed by atoms with Crippen LogP contribution in [0.15, 0.2) is 11.8 Å². The summed E-state index contributed by atoms with van der Waals surface area (Å²) in [5.41, 5.74) is 0. The molecule has 1 aliphatic heterocycles. The second-order valence-electron chi connectivity index (χ2n) is 7.77. The molecule has 1 heterocycles. The molecule has 0 aromatic rings. The van der Waals surface area contributed by atoms with E-state index in [0.29, 0.717) is 6.08 Å².